The highest BCUT2D eigenvalue weighted by atomic mass is 16.5. The van der Waals surface area contributed by atoms with Gasteiger partial charge < -0.3 is 9.72 Å². The number of aryl methyl sites for hydroxylation is 1. The largest absolute Gasteiger partial charge is 0.497 e. The molecule has 80 valence electrons. The first kappa shape index (κ1) is 9.21. The second-order valence-corrected chi connectivity index (χ2v) is 3.90. The Morgan fingerprint density at radius 2 is 2.12 bits per heavy atom. The van der Waals surface area contributed by atoms with Gasteiger partial charge >= 0.3 is 0 Å². The van der Waals surface area contributed by atoms with Crippen LogP contribution in [0, 0.1) is 6.92 Å². The molecule has 2 heterocycles. The van der Waals surface area contributed by atoms with Crippen LogP contribution in [0.15, 0.2) is 30.6 Å². The van der Waals surface area contributed by atoms with Gasteiger partial charge in [0.1, 0.15) is 5.75 Å². The summed E-state index contributed by atoms with van der Waals surface area (Å²) in [5, 5.41) is 2.27. The summed E-state index contributed by atoms with van der Waals surface area (Å²) < 4.78 is 5.24. The van der Waals surface area contributed by atoms with E-state index in [1.54, 1.807) is 7.11 Å². The van der Waals surface area contributed by atoms with Crippen molar-refractivity contribution < 1.29 is 4.74 Å². The Morgan fingerprint density at radius 1 is 1.25 bits per heavy atom. The molecule has 16 heavy (non-hydrogen) atoms. The first-order valence-corrected chi connectivity index (χ1v) is 5.20. The van der Waals surface area contributed by atoms with Crippen LogP contribution in [0.4, 0.5) is 0 Å². The van der Waals surface area contributed by atoms with Crippen LogP contribution in [0.2, 0.25) is 0 Å². The van der Waals surface area contributed by atoms with Crippen LogP contribution >= 0.6 is 0 Å². The zero-order valence-corrected chi connectivity index (χ0v) is 9.24. The number of nitrogens with zero attached hydrogens (tertiary/aromatic N) is 1. The summed E-state index contributed by atoms with van der Waals surface area (Å²) in [6.45, 7) is 2.08. The van der Waals surface area contributed by atoms with Crippen molar-refractivity contribution in [3.63, 3.8) is 0 Å². The van der Waals surface area contributed by atoms with Crippen LogP contribution in [0.3, 0.4) is 0 Å². The summed E-state index contributed by atoms with van der Waals surface area (Å²) in [5.41, 5.74) is 3.32. The lowest BCUT2D eigenvalue weighted by Gasteiger charge is -2.03. The van der Waals surface area contributed by atoms with Crippen molar-refractivity contribution in [1.29, 1.82) is 0 Å². The molecule has 0 radical (unpaired) electrons. The number of hydrogen-bond donors (Lipinski definition) is 1. The highest BCUT2D eigenvalue weighted by Gasteiger charge is 2.06. The monoisotopic (exact) mass is 212 g/mol. The van der Waals surface area contributed by atoms with Crippen molar-refractivity contribution in [2.24, 2.45) is 0 Å². The van der Waals surface area contributed by atoms with Crippen molar-refractivity contribution >= 4 is 21.8 Å². The molecule has 0 unspecified atom stereocenters. The van der Waals surface area contributed by atoms with Gasteiger partial charge in [-0.25, -0.2) is 0 Å². The zero-order valence-electron chi connectivity index (χ0n) is 9.24. The Morgan fingerprint density at radius 3 is 2.94 bits per heavy atom. The van der Waals surface area contributed by atoms with Crippen molar-refractivity contribution in [2.45, 2.75) is 6.92 Å². The van der Waals surface area contributed by atoms with Crippen molar-refractivity contribution in [1.82, 2.24) is 9.97 Å². The molecule has 2 aromatic heterocycles. The van der Waals surface area contributed by atoms with Gasteiger partial charge in [0.15, 0.2) is 0 Å². The van der Waals surface area contributed by atoms with Crippen LogP contribution in [0.5, 0.6) is 5.75 Å². The molecule has 0 saturated heterocycles. The Labute approximate surface area is 93.1 Å². The molecular weight excluding hydrogens is 200 g/mol. The summed E-state index contributed by atoms with van der Waals surface area (Å²) in [4.78, 5) is 7.73. The van der Waals surface area contributed by atoms with Crippen LogP contribution in [-0.2, 0) is 0 Å². The van der Waals surface area contributed by atoms with Gasteiger partial charge in [-0.3, -0.25) is 4.98 Å². The summed E-state index contributed by atoms with van der Waals surface area (Å²) in [6.07, 6.45) is 3.92. The minimum atomic E-state index is 0.856. The number of aromatic nitrogens is 2. The number of ether oxygens (including phenoxy) is 1. The minimum Gasteiger partial charge on any atom is -0.497 e. The van der Waals surface area contributed by atoms with Gasteiger partial charge in [0.2, 0.25) is 0 Å². The molecule has 3 rings (SSSR count). The van der Waals surface area contributed by atoms with Gasteiger partial charge in [0.05, 0.1) is 18.1 Å². The number of H-pyrrole nitrogens is 1. The van der Waals surface area contributed by atoms with E-state index in [9.17, 15) is 0 Å². The van der Waals surface area contributed by atoms with E-state index in [4.69, 9.17) is 4.74 Å². The molecule has 0 amide bonds. The molecule has 0 aliphatic carbocycles. The summed E-state index contributed by atoms with van der Waals surface area (Å²) in [7, 11) is 1.68. The third-order valence-electron chi connectivity index (χ3n) is 2.93. The van der Waals surface area contributed by atoms with Gasteiger partial charge in [-0.15, -0.1) is 0 Å². The maximum Gasteiger partial charge on any atom is 0.119 e. The highest BCUT2D eigenvalue weighted by Crippen LogP contribution is 2.27. The molecule has 0 bridgehead atoms. The number of benzene rings is 1. The van der Waals surface area contributed by atoms with Gasteiger partial charge in [-0.2, -0.15) is 0 Å². The second-order valence-electron chi connectivity index (χ2n) is 3.90. The van der Waals surface area contributed by atoms with E-state index in [-0.39, 0.29) is 0 Å². The fraction of sp³-hybridized carbons (Fsp3) is 0.154. The first-order valence-electron chi connectivity index (χ1n) is 5.20. The Balaban J connectivity index is 2.47. The average molecular weight is 212 g/mol. The Hall–Kier alpha value is -2.03. The number of rotatable bonds is 1. The van der Waals surface area contributed by atoms with E-state index in [0.29, 0.717) is 0 Å². The SMILES string of the molecule is COc1ccc2ncc3c(C)c[nH]c3c2c1. The van der Waals surface area contributed by atoms with Gasteiger partial charge in [-0.1, -0.05) is 0 Å². The third-order valence-corrected chi connectivity index (χ3v) is 2.93. The van der Waals surface area contributed by atoms with Crippen LogP contribution in [-0.4, -0.2) is 17.1 Å². The normalized spacial score (nSPS) is 11.1. The van der Waals surface area contributed by atoms with E-state index in [0.717, 1.165) is 22.2 Å². The standard InChI is InChI=1S/C13H12N2O/c1-8-6-15-13-10-5-9(16-2)3-4-12(10)14-7-11(8)13/h3-7,15H,1-2H3. The third kappa shape index (κ3) is 1.18. The van der Waals surface area contributed by atoms with E-state index in [1.807, 2.05) is 30.6 Å². The lowest BCUT2D eigenvalue weighted by atomic mass is 10.1. The molecule has 0 spiro atoms. The van der Waals surface area contributed by atoms with Crippen molar-refractivity contribution in [3.8, 4) is 5.75 Å². The molecule has 3 aromatic rings. The van der Waals surface area contributed by atoms with E-state index in [1.165, 1.54) is 10.9 Å². The summed E-state index contributed by atoms with van der Waals surface area (Å²) in [6, 6.07) is 5.92. The topological polar surface area (TPSA) is 37.9 Å². The number of pyridine rings is 1. The summed E-state index contributed by atoms with van der Waals surface area (Å²) >= 11 is 0. The molecule has 0 aliphatic rings. The van der Waals surface area contributed by atoms with Crippen LogP contribution in [0.1, 0.15) is 5.56 Å². The zero-order chi connectivity index (χ0) is 11.1. The number of fused-ring (bicyclic) bond motifs is 3. The smallest absolute Gasteiger partial charge is 0.119 e. The number of hydrogen-bond acceptors (Lipinski definition) is 2. The molecule has 0 aliphatic heterocycles. The molecule has 0 saturated carbocycles. The van der Waals surface area contributed by atoms with Crippen molar-refractivity contribution in [3.05, 3.63) is 36.2 Å². The Kier molecular flexibility index (Phi) is 1.86. The molecular formula is C13H12N2O. The van der Waals surface area contributed by atoms with E-state index in [2.05, 4.69) is 16.9 Å². The van der Waals surface area contributed by atoms with E-state index >= 15 is 0 Å². The van der Waals surface area contributed by atoms with Crippen molar-refractivity contribution in [2.75, 3.05) is 7.11 Å². The number of aromatic amines is 1. The molecule has 3 nitrogen and oxygen atoms in total. The lowest BCUT2D eigenvalue weighted by molar-refractivity contribution is 0.415. The number of nitrogens with one attached hydrogen (secondary N) is 1. The molecule has 0 atom stereocenters. The highest BCUT2D eigenvalue weighted by molar-refractivity contribution is 6.04. The average Bonchev–Trinajstić information content (AvgIpc) is 2.71. The molecule has 3 heteroatoms. The quantitative estimate of drug-likeness (QED) is 0.673. The predicted molar refractivity (Wildman–Crippen MR) is 64.9 cm³/mol. The minimum absolute atomic E-state index is 0.856. The Bertz CT molecular complexity index is 670. The summed E-state index contributed by atoms with van der Waals surface area (Å²) in [5.74, 6) is 0.856. The maximum atomic E-state index is 5.24. The number of methoxy groups -OCH3 is 1. The van der Waals surface area contributed by atoms with Gasteiger partial charge in [0, 0.05) is 23.2 Å². The maximum absolute atomic E-state index is 5.24. The fourth-order valence-electron chi connectivity index (χ4n) is 2.01. The molecule has 1 N–H and O–H groups in total. The van der Waals surface area contributed by atoms with Crippen LogP contribution in [0.25, 0.3) is 21.8 Å². The lowest BCUT2D eigenvalue weighted by Crippen LogP contribution is -1.85. The molecule has 0 fully saturated rings. The van der Waals surface area contributed by atoms with E-state index < -0.39 is 0 Å². The van der Waals surface area contributed by atoms with Gasteiger partial charge in [0.25, 0.3) is 0 Å². The van der Waals surface area contributed by atoms with Crippen LogP contribution < -0.4 is 4.74 Å². The first-order chi connectivity index (χ1) is 7.79. The fourth-order valence-corrected chi connectivity index (χ4v) is 2.01. The molecule has 1 aromatic carbocycles. The predicted octanol–water partition coefficient (Wildman–Crippen LogP) is 3.03. The van der Waals surface area contributed by atoms with Gasteiger partial charge in [-0.05, 0) is 30.7 Å². The second kappa shape index (κ2) is 3.23.